The van der Waals surface area contributed by atoms with Gasteiger partial charge in [0.25, 0.3) is 0 Å². The maximum Gasteiger partial charge on any atom is 0.143 e. The van der Waals surface area contributed by atoms with E-state index in [4.69, 9.17) is 20.8 Å². The maximum absolute atomic E-state index is 6.28. The molecule has 0 aliphatic rings. The minimum absolute atomic E-state index is 0.796. The summed E-state index contributed by atoms with van der Waals surface area (Å²) in [5.74, 6) is 1.60. The summed E-state index contributed by atoms with van der Waals surface area (Å²) in [7, 11) is 1.66. The van der Waals surface area contributed by atoms with E-state index in [1.807, 2.05) is 72.8 Å². The molecule has 2 nitrogen and oxygen atoms in total. The molecule has 1 heterocycles. The summed E-state index contributed by atoms with van der Waals surface area (Å²) in [5, 5.41) is 1.04. The molecule has 4 rings (SSSR count). The number of furan rings is 1. The van der Waals surface area contributed by atoms with Crippen LogP contribution in [0.1, 0.15) is 11.1 Å². The molecule has 0 aliphatic heterocycles. The number of ether oxygens (including phenoxy) is 1. The predicted octanol–water partition coefficient (Wildman–Crippen LogP) is 6.74. The Morgan fingerprint density at radius 1 is 0.885 bits per heavy atom. The molecule has 4 aromatic rings. The topological polar surface area (TPSA) is 22.4 Å². The number of methoxy groups -OCH3 is 1. The second kappa shape index (κ2) is 7.11. The van der Waals surface area contributed by atoms with Gasteiger partial charge in [0.15, 0.2) is 0 Å². The monoisotopic (exact) mass is 360 g/mol. The zero-order valence-corrected chi connectivity index (χ0v) is 15.0. The lowest BCUT2D eigenvalue weighted by atomic mass is 9.94. The molecule has 128 valence electrons. The highest BCUT2D eigenvalue weighted by Crippen LogP contribution is 2.41. The van der Waals surface area contributed by atoms with Crippen LogP contribution in [0.4, 0.5) is 0 Å². The number of fused-ring (bicyclic) bond motifs is 1. The third-order valence-electron chi connectivity index (χ3n) is 4.41. The van der Waals surface area contributed by atoms with Crippen LogP contribution in [0, 0.1) is 0 Å². The molecule has 1 aromatic heterocycles. The van der Waals surface area contributed by atoms with E-state index >= 15 is 0 Å². The summed E-state index contributed by atoms with van der Waals surface area (Å²) in [4.78, 5) is 0. The number of halogens is 1. The molecule has 26 heavy (non-hydrogen) atoms. The van der Waals surface area contributed by atoms with Crippen molar-refractivity contribution in [2.75, 3.05) is 7.11 Å². The van der Waals surface area contributed by atoms with Crippen LogP contribution >= 0.6 is 11.6 Å². The standard InChI is InChI=1S/C23H17ClO2/c1-25-18-13-11-17(12-14-18)23-22(19-9-5-6-10-21(19)26-23)20(15-24)16-7-3-2-4-8-16/h2-15H,1H3/b20-15-. The molecule has 0 fully saturated rings. The maximum atomic E-state index is 6.28. The number of rotatable bonds is 4. The zero-order valence-electron chi connectivity index (χ0n) is 14.3. The largest absolute Gasteiger partial charge is 0.497 e. The third-order valence-corrected chi connectivity index (χ3v) is 4.63. The van der Waals surface area contributed by atoms with Crippen LogP contribution in [-0.2, 0) is 0 Å². The summed E-state index contributed by atoms with van der Waals surface area (Å²) in [6, 6.07) is 26.0. The zero-order chi connectivity index (χ0) is 17.9. The number of benzene rings is 3. The van der Waals surface area contributed by atoms with E-state index in [-0.39, 0.29) is 0 Å². The van der Waals surface area contributed by atoms with Crippen LogP contribution in [0.15, 0.2) is 88.8 Å². The van der Waals surface area contributed by atoms with Crippen molar-refractivity contribution in [1.29, 1.82) is 0 Å². The smallest absolute Gasteiger partial charge is 0.143 e. The first kappa shape index (κ1) is 16.5. The number of para-hydroxylation sites is 1. The van der Waals surface area contributed by atoms with E-state index in [1.165, 1.54) is 0 Å². The molecule has 0 bridgehead atoms. The highest BCUT2D eigenvalue weighted by Gasteiger charge is 2.20. The van der Waals surface area contributed by atoms with Gasteiger partial charge in [0, 0.05) is 27.6 Å². The lowest BCUT2D eigenvalue weighted by Crippen LogP contribution is -1.89. The fourth-order valence-electron chi connectivity index (χ4n) is 3.14. The average Bonchev–Trinajstić information content (AvgIpc) is 3.09. The molecular weight excluding hydrogens is 344 g/mol. The molecule has 0 N–H and O–H groups in total. The summed E-state index contributed by atoms with van der Waals surface area (Å²) in [6.07, 6.45) is 0. The average molecular weight is 361 g/mol. The van der Waals surface area contributed by atoms with E-state index in [1.54, 1.807) is 12.6 Å². The van der Waals surface area contributed by atoms with Crippen molar-refractivity contribution in [2.45, 2.75) is 0 Å². The molecule has 0 saturated carbocycles. The van der Waals surface area contributed by atoms with Crippen molar-refractivity contribution in [3.63, 3.8) is 0 Å². The SMILES string of the molecule is COc1ccc(-c2oc3ccccc3c2/C(=C\Cl)c2ccccc2)cc1. The van der Waals surface area contributed by atoms with Gasteiger partial charge in [0.2, 0.25) is 0 Å². The van der Waals surface area contributed by atoms with Crippen molar-refractivity contribution in [3.05, 3.63) is 95.5 Å². The Hall–Kier alpha value is -2.97. The molecule has 0 unspecified atom stereocenters. The fourth-order valence-corrected chi connectivity index (χ4v) is 3.37. The summed E-state index contributed by atoms with van der Waals surface area (Å²) in [5.41, 5.74) is 6.41. The van der Waals surface area contributed by atoms with E-state index in [9.17, 15) is 0 Å². The van der Waals surface area contributed by atoms with Crippen molar-refractivity contribution >= 4 is 28.1 Å². The Labute approximate surface area is 157 Å². The number of hydrogen-bond donors (Lipinski definition) is 0. The molecule has 0 radical (unpaired) electrons. The molecular formula is C23H17ClO2. The molecule has 0 aliphatic carbocycles. The summed E-state index contributed by atoms with van der Waals surface area (Å²) in [6.45, 7) is 0. The highest BCUT2D eigenvalue weighted by atomic mass is 35.5. The molecule has 0 saturated heterocycles. The first-order valence-electron chi connectivity index (χ1n) is 8.34. The van der Waals surface area contributed by atoms with Gasteiger partial charge >= 0.3 is 0 Å². The van der Waals surface area contributed by atoms with Crippen molar-refractivity contribution in [2.24, 2.45) is 0 Å². The van der Waals surface area contributed by atoms with Gasteiger partial charge in [0.05, 0.1) is 7.11 Å². The normalized spacial score (nSPS) is 11.7. The van der Waals surface area contributed by atoms with Gasteiger partial charge in [-0.2, -0.15) is 0 Å². The molecule has 0 atom stereocenters. The van der Waals surface area contributed by atoms with Crippen LogP contribution in [0.5, 0.6) is 5.75 Å². The van der Waals surface area contributed by atoms with E-state index in [2.05, 4.69) is 6.07 Å². The third kappa shape index (κ3) is 2.89. The van der Waals surface area contributed by atoms with Gasteiger partial charge in [-0.15, -0.1) is 0 Å². The molecule has 3 heteroatoms. The van der Waals surface area contributed by atoms with Gasteiger partial charge in [-0.3, -0.25) is 0 Å². The lowest BCUT2D eigenvalue weighted by Gasteiger charge is -2.09. The Bertz CT molecular complexity index is 1060. The highest BCUT2D eigenvalue weighted by molar-refractivity contribution is 6.29. The van der Waals surface area contributed by atoms with E-state index < -0.39 is 0 Å². The Kier molecular flexibility index (Phi) is 4.51. The predicted molar refractivity (Wildman–Crippen MR) is 108 cm³/mol. The second-order valence-corrected chi connectivity index (χ2v) is 6.14. The molecule has 0 spiro atoms. The molecule has 3 aromatic carbocycles. The first-order chi connectivity index (χ1) is 12.8. The molecule has 0 amide bonds. The minimum atomic E-state index is 0.796. The van der Waals surface area contributed by atoms with E-state index in [0.29, 0.717) is 0 Å². The first-order valence-corrected chi connectivity index (χ1v) is 8.77. The van der Waals surface area contributed by atoms with Crippen LogP contribution in [0.25, 0.3) is 27.9 Å². The van der Waals surface area contributed by atoms with Crippen molar-refractivity contribution in [1.82, 2.24) is 0 Å². The minimum Gasteiger partial charge on any atom is -0.497 e. The van der Waals surface area contributed by atoms with Crippen LogP contribution in [0.2, 0.25) is 0 Å². The fraction of sp³-hybridized carbons (Fsp3) is 0.0435. The van der Waals surface area contributed by atoms with Gasteiger partial charge < -0.3 is 9.15 Å². The van der Waals surface area contributed by atoms with Gasteiger partial charge in [-0.1, -0.05) is 60.1 Å². The summed E-state index contributed by atoms with van der Waals surface area (Å²) >= 11 is 6.28. The van der Waals surface area contributed by atoms with Gasteiger partial charge in [-0.05, 0) is 35.9 Å². The number of hydrogen-bond acceptors (Lipinski definition) is 2. The van der Waals surface area contributed by atoms with Crippen molar-refractivity contribution < 1.29 is 9.15 Å². The van der Waals surface area contributed by atoms with E-state index in [0.717, 1.165) is 44.7 Å². The van der Waals surface area contributed by atoms with Crippen LogP contribution < -0.4 is 4.74 Å². The van der Waals surface area contributed by atoms with Gasteiger partial charge in [-0.25, -0.2) is 0 Å². The van der Waals surface area contributed by atoms with Crippen molar-refractivity contribution in [3.8, 4) is 17.1 Å². The second-order valence-electron chi connectivity index (χ2n) is 5.92. The van der Waals surface area contributed by atoms with Crippen LogP contribution in [0.3, 0.4) is 0 Å². The Balaban J connectivity index is 1.97. The summed E-state index contributed by atoms with van der Waals surface area (Å²) < 4.78 is 11.5. The quantitative estimate of drug-likeness (QED) is 0.402. The van der Waals surface area contributed by atoms with Crippen LogP contribution in [-0.4, -0.2) is 7.11 Å². The lowest BCUT2D eigenvalue weighted by molar-refractivity contribution is 0.415. The Morgan fingerprint density at radius 2 is 1.58 bits per heavy atom. The Morgan fingerprint density at radius 3 is 2.27 bits per heavy atom. The van der Waals surface area contributed by atoms with Gasteiger partial charge in [0.1, 0.15) is 17.1 Å².